The second kappa shape index (κ2) is 6.15. The normalized spacial score (nSPS) is 16.3. The number of nitrogens with zero attached hydrogens (tertiary/aromatic N) is 3. The van der Waals surface area contributed by atoms with Gasteiger partial charge >= 0.3 is 0 Å². The van der Waals surface area contributed by atoms with Gasteiger partial charge in [0.2, 0.25) is 0 Å². The molecule has 0 aliphatic carbocycles. The van der Waals surface area contributed by atoms with E-state index in [1.165, 1.54) is 30.3 Å². The van der Waals surface area contributed by atoms with Crippen molar-refractivity contribution in [1.82, 2.24) is 14.8 Å². The van der Waals surface area contributed by atoms with E-state index < -0.39 is 6.10 Å². The van der Waals surface area contributed by atoms with Crippen molar-refractivity contribution in [2.24, 2.45) is 0 Å². The molecule has 0 unspecified atom stereocenters. The van der Waals surface area contributed by atoms with E-state index >= 15 is 0 Å². The van der Waals surface area contributed by atoms with Crippen LogP contribution in [0.25, 0.3) is 0 Å². The molecular weight excluding hydrogens is 289 g/mol. The molecule has 0 fully saturated rings. The molecule has 4 nitrogen and oxygen atoms in total. The summed E-state index contributed by atoms with van der Waals surface area (Å²) >= 11 is 1.44. The number of aryl methyl sites for hydroxylation is 1. The third-order valence-corrected chi connectivity index (χ3v) is 4.78. The van der Waals surface area contributed by atoms with Crippen LogP contribution in [0, 0.1) is 5.82 Å². The van der Waals surface area contributed by atoms with Crippen molar-refractivity contribution in [3.63, 3.8) is 0 Å². The number of aromatic nitrogens is 3. The van der Waals surface area contributed by atoms with Crippen LogP contribution in [0.2, 0.25) is 0 Å². The summed E-state index contributed by atoms with van der Waals surface area (Å²) in [7, 11) is 0. The molecule has 0 bridgehead atoms. The maximum atomic E-state index is 13.4. The first kappa shape index (κ1) is 14.5. The smallest absolute Gasteiger partial charge is 0.196 e. The average molecular weight is 307 g/mol. The van der Waals surface area contributed by atoms with Gasteiger partial charge in [-0.25, -0.2) is 4.39 Å². The third-order valence-electron chi connectivity index (χ3n) is 3.70. The Balaban J connectivity index is 1.92. The Hall–Kier alpha value is -1.40. The topological polar surface area (TPSA) is 50.9 Å². The van der Waals surface area contributed by atoms with Gasteiger partial charge in [0.05, 0.1) is 6.10 Å². The van der Waals surface area contributed by atoms with Crippen LogP contribution < -0.4 is 0 Å². The number of aliphatic hydroxyl groups excluding tert-OH is 1. The molecule has 112 valence electrons. The molecule has 2 heterocycles. The van der Waals surface area contributed by atoms with E-state index in [1.54, 1.807) is 13.0 Å². The number of hydrogen-bond donors (Lipinski definition) is 1. The third kappa shape index (κ3) is 3.11. The SMILES string of the molecule is C[C@H](O)c1cc(F)ccc1Sc1nnc2n1CCCCC2. The van der Waals surface area contributed by atoms with Crippen molar-refractivity contribution in [2.75, 3.05) is 0 Å². The summed E-state index contributed by atoms with van der Waals surface area (Å²) in [5, 5.41) is 19.2. The lowest BCUT2D eigenvalue weighted by Crippen LogP contribution is -2.03. The monoisotopic (exact) mass is 307 g/mol. The molecule has 3 rings (SSSR count). The van der Waals surface area contributed by atoms with Crippen molar-refractivity contribution >= 4 is 11.8 Å². The predicted molar refractivity (Wildman–Crippen MR) is 78.7 cm³/mol. The Morgan fingerprint density at radius 2 is 2.14 bits per heavy atom. The van der Waals surface area contributed by atoms with E-state index in [-0.39, 0.29) is 5.82 Å². The molecular formula is C15H18FN3OS. The number of hydrogen-bond acceptors (Lipinski definition) is 4. The summed E-state index contributed by atoms with van der Waals surface area (Å²) in [6, 6.07) is 4.49. The maximum Gasteiger partial charge on any atom is 0.196 e. The quantitative estimate of drug-likeness (QED) is 0.945. The maximum absolute atomic E-state index is 13.4. The summed E-state index contributed by atoms with van der Waals surface area (Å²) in [5.41, 5.74) is 0.589. The van der Waals surface area contributed by atoms with E-state index in [2.05, 4.69) is 14.8 Å². The molecule has 1 N–H and O–H groups in total. The standard InChI is InChI=1S/C15H18FN3OS/c1-10(20)12-9-11(16)6-7-13(12)21-15-18-17-14-5-3-2-4-8-19(14)15/h6-7,9-10,20H,2-5,8H2,1H3/t10-/m0/s1. The highest BCUT2D eigenvalue weighted by Crippen LogP contribution is 2.34. The van der Waals surface area contributed by atoms with Crippen molar-refractivity contribution in [3.05, 3.63) is 35.4 Å². The van der Waals surface area contributed by atoms with Crippen molar-refractivity contribution in [1.29, 1.82) is 0 Å². The highest BCUT2D eigenvalue weighted by atomic mass is 32.2. The zero-order valence-corrected chi connectivity index (χ0v) is 12.7. The molecule has 6 heteroatoms. The molecule has 1 atom stereocenters. The van der Waals surface area contributed by atoms with Gasteiger partial charge in [0.15, 0.2) is 5.16 Å². The molecule has 0 radical (unpaired) electrons. The number of fused-ring (bicyclic) bond motifs is 1. The van der Waals surface area contributed by atoms with Crippen molar-refractivity contribution < 1.29 is 9.50 Å². The minimum atomic E-state index is -0.713. The zero-order valence-electron chi connectivity index (χ0n) is 11.9. The van der Waals surface area contributed by atoms with Crippen molar-refractivity contribution in [2.45, 2.75) is 55.3 Å². The molecule has 0 saturated carbocycles. The Labute approximate surface area is 127 Å². The van der Waals surface area contributed by atoms with Gasteiger partial charge < -0.3 is 9.67 Å². The Morgan fingerprint density at radius 1 is 1.29 bits per heavy atom. The van der Waals surface area contributed by atoms with Crippen LogP contribution in [-0.2, 0) is 13.0 Å². The molecule has 21 heavy (non-hydrogen) atoms. The number of aliphatic hydroxyl groups is 1. The first-order valence-corrected chi connectivity index (χ1v) is 8.04. The lowest BCUT2D eigenvalue weighted by molar-refractivity contribution is 0.196. The minimum Gasteiger partial charge on any atom is -0.389 e. The fraction of sp³-hybridized carbons (Fsp3) is 0.467. The fourth-order valence-electron chi connectivity index (χ4n) is 2.57. The van der Waals surface area contributed by atoms with E-state index in [0.717, 1.165) is 41.7 Å². The average Bonchev–Trinajstić information content (AvgIpc) is 2.69. The Kier molecular flexibility index (Phi) is 4.26. The van der Waals surface area contributed by atoms with Gasteiger partial charge in [0.25, 0.3) is 0 Å². The van der Waals surface area contributed by atoms with Gasteiger partial charge in [0, 0.05) is 17.9 Å². The van der Waals surface area contributed by atoms with Crippen LogP contribution in [0.4, 0.5) is 4.39 Å². The fourth-order valence-corrected chi connectivity index (χ4v) is 3.64. The van der Waals surface area contributed by atoms with Crippen LogP contribution in [-0.4, -0.2) is 19.9 Å². The molecule has 1 aromatic carbocycles. The second-order valence-corrected chi connectivity index (χ2v) is 6.33. The minimum absolute atomic E-state index is 0.338. The second-order valence-electron chi connectivity index (χ2n) is 5.32. The number of halogens is 1. The molecule has 1 aromatic heterocycles. The van der Waals surface area contributed by atoms with Gasteiger partial charge in [-0.2, -0.15) is 0 Å². The van der Waals surface area contributed by atoms with E-state index in [0.29, 0.717) is 5.56 Å². The largest absolute Gasteiger partial charge is 0.389 e. The molecule has 0 amide bonds. The number of rotatable bonds is 3. The predicted octanol–water partition coefficient (Wildman–Crippen LogP) is 3.35. The van der Waals surface area contributed by atoms with Crippen LogP contribution in [0.1, 0.15) is 43.7 Å². The summed E-state index contributed by atoms with van der Waals surface area (Å²) in [6.45, 7) is 2.57. The molecule has 1 aliphatic heterocycles. The molecule has 1 aliphatic rings. The molecule has 0 saturated heterocycles. The van der Waals surface area contributed by atoms with Gasteiger partial charge in [-0.1, -0.05) is 6.42 Å². The van der Waals surface area contributed by atoms with Crippen LogP contribution in [0.5, 0.6) is 0 Å². The first-order chi connectivity index (χ1) is 10.1. The highest BCUT2D eigenvalue weighted by Gasteiger charge is 2.18. The van der Waals surface area contributed by atoms with Gasteiger partial charge in [0.1, 0.15) is 11.6 Å². The van der Waals surface area contributed by atoms with Gasteiger partial charge in [-0.15, -0.1) is 10.2 Å². The molecule has 0 spiro atoms. The summed E-state index contributed by atoms with van der Waals surface area (Å²) < 4.78 is 15.5. The van der Waals surface area contributed by atoms with E-state index in [9.17, 15) is 9.50 Å². The van der Waals surface area contributed by atoms with Gasteiger partial charge in [-0.05, 0) is 55.3 Å². The Bertz CT molecular complexity index is 642. The highest BCUT2D eigenvalue weighted by molar-refractivity contribution is 7.99. The lowest BCUT2D eigenvalue weighted by Gasteiger charge is -2.12. The lowest BCUT2D eigenvalue weighted by atomic mass is 10.1. The van der Waals surface area contributed by atoms with Crippen LogP contribution in [0.15, 0.2) is 28.3 Å². The summed E-state index contributed by atoms with van der Waals surface area (Å²) in [6.07, 6.45) is 3.74. The van der Waals surface area contributed by atoms with Crippen molar-refractivity contribution in [3.8, 4) is 0 Å². The summed E-state index contributed by atoms with van der Waals surface area (Å²) in [4.78, 5) is 0.825. The zero-order chi connectivity index (χ0) is 14.8. The first-order valence-electron chi connectivity index (χ1n) is 7.22. The van der Waals surface area contributed by atoms with Gasteiger partial charge in [-0.3, -0.25) is 0 Å². The van der Waals surface area contributed by atoms with E-state index in [4.69, 9.17) is 0 Å². The number of benzene rings is 1. The van der Waals surface area contributed by atoms with Crippen LogP contribution in [0.3, 0.4) is 0 Å². The van der Waals surface area contributed by atoms with Crippen LogP contribution >= 0.6 is 11.8 Å². The Morgan fingerprint density at radius 3 is 2.95 bits per heavy atom. The molecule has 2 aromatic rings. The van der Waals surface area contributed by atoms with E-state index in [1.807, 2.05) is 0 Å². The summed E-state index contributed by atoms with van der Waals surface area (Å²) in [5.74, 6) is 0.686.